The molecule has 2 aromatic rings. The summed E-state index contributed by atoms with van der Waals surface area (Å²) in [7, 11) is -3.71. The van der Waals surface area contributed by atoms with Crippen LogP contribution in [0.5, 0.6) is 0 Å². The van der Waals surface area contributed by atoms with E-state index in [1.54, 1.807) is 37.3 Å². The Morgan fingerprint density at radius 3 is 2.06 bits per heavy atom. The summed E-state index contributed by atoms with van der Waals surface area (Å²) in [5, 5.41) is 2.90. The van der Waals surface area contributed by atoms with Crippen molar-refractivity contribution in [2.45, 2.75) is 52.7 Å². The highest BCUT2D eigenvalue weighted by Gasteiger charge is 2.31. The van der Waals surface area contributed by atoms with Gasteiger partial charge >= 0.3 is 0 Å². The van der Waals surface area contributed by atoms with Gasteiger partial charge in [0.05, 0.1) is 11.9 Å². The summed E-state index contributed by atoms with van der Waals surface area (Å²) in [6.45, 7) is 9.00. The van der Waals surface area contributed by atoms with E-state index in [0.29, 0.717) is 5.69 Å². The third kappa shape index (κ3) is 7.37. The Morgan fingerprint density at radius 1 is 1.00 bits per heavy atom. The van der Waals surface area contributed by atoms with Crippen molar-refractivity contribution >= 4 is 27.5 Å². The molecular formula is C24H33N3O4S. The zero-order chi connectivity index (χ0) is 24.1. The van der Waals surface area contributed by atoms with E-state index < -0.39 is 34.1 Å². The topological polar surface area (TPSA) is 86.8 Å². The van der Waals surface area contributed by atoms with Gasteiger partial charge in [-0.15, -0.1) is 0 Å². The van der Waals surface area contributed by atoms with Crippen molar-refractivity contribution in [1.29, 1.82) is 0 Å². The van der Waals surface area contributed by atoms with Crippen molar-refractivity contribution in [3.8, 4) is 0 Å². The molecule has 7 nitrogen and oxygen atoms in total. The second-order valence-electron chi connectivity index (χ2n) is 9.03. The van der Waals surface area contributed by atoms with E-state index in [0.717, 1.165) is 21.7 Å². The summed E-state index contributed by atoms with van der Waals surface area (Å²) in [5.74, 6) is -0.764. The van der Waals surface area contributed by atoms with E-state index in [4.69, 9.17) is 0 Å². The average molecular weight is 460 g/mol. The third-order valence-corrected chi connectivity index (χ3v) is 6.00. The molecule has 0 unspecified atom stereocenters. The molecule has 2 amide bonds. The minimum absolute atomic E-state index is 0.185. The first-order valence-electron chi connectivity index (χ1n) is 10.5. The first-order valence-corrected chi connectivity index (χ1v) is 12.3. The van der Waals surface area contributed by atoms with E-state index in [2.05, 4.69) is 5.32 Å². The van der Waals surface area contributed by atoms with Gasteiger partial charge in [0.15, 0.2) is 0 Å². The zero-order valence-corrected chi connectivity index (χ0v) is 20.4. The van der Waals surface area contributed by atoms with Gasteiger partial charge in [-0.05, 0) is 52.3 Å². The van der Waals surface area contributed by atoms with Gasteiger partial charge in [0.2, 0.25) is 21.8 Å². The van der Waals surface area contributed by atoms with Gasteiger partial charge in [-0.2, -0.15) is 0 Å². The Kier molecular flexibility index (Phi) is 8.07. The monoisotopic (exact) mass is 459 g/mol. The number of rotatable bonds is 8. The molecule has 1 N–H and O–H groups in total. The third-order valence-electron chi connectivity index (χ3n) is 4.86. The fraction of sp³-hybridized carbons (Fsp3) is 0.417. The van der Waals surface area contributed by atoms with E-state index in [1.807, 2.05) is 52.0 Å². The average Bonchev–Trinajstić information content (AvgIpc) is 2.69. The predicted octanol–water partition coefficient (Wildman–Crippen LogP) is 3.09. The highest BCUT2D eigenvalue weighted by Crippen LogP contribution is 2.19. The SMILES string of the molecule is Cc1ccc(CN(C(=O)CN(c2ccccc2)S(C)(=O)=O)[C@H](C)C(=O)NC(C)(C)C)cc1. The van der Waals surface area contributed by atoms with Crippen molar-refractivity contribution in [3.05, 3.63) is 65.7 Å². The van der Waals surface area contributed by atoms with E-state index in [-0.39, 0.29) is 12.5 Å². The highest BCUT2D eigenvalue weighted by atomic mass is 32.2. The first-order chi connectivity index (χ1) is 14.8. The fourth-order valence-electron chi connectivity index (χ4n) is 3.15. The zero-order valence-electron chi connectivity index (χ0n) is 19.6. The van der Waals surface area contributed by atoms with Gasteiger partial charge in [-0.1, -0.05) is 48.0 Å². The lowest BCUT2D eigenvalue weighted by Crippen LogP contribution is -2.54. The molecule has 0 saturated heterocycles. The van der Waals surface area contributed by atoms with Gasteiger partial charge < -0.3 is 10.2 Å². The lowest BCUT2D eigenvalue weighted by atomic mass is 10.1. The molecule has 1 atom stereocenters. The summed E-state index contributed by atoms with van der Waals surface area (Å²) in [6.07, 6.45) is 1.06. The van der Waals surface area contributed by atoms with E-state index in [9.17, 15) is 18.0 Å². The number of aryl methyl sites for hydroxylation is 1. The number of nitrogens with zero attached hydrogens (tertiary/aromatic N) is 2. The number of anilines is 1. The van der Waals surface area contributed by atoms with Crippen LogP contribution in [0.2, 0.25) is 0 Å². The first kappa shape index (κ1) is 25.4. The maximum atomic E-state index is 13.4. The number of amides is 2. The number of carbonyl (C=O) groups excluding carboxylic acids is 2. The lowest BCUT2D eigenvalue weighted by Gasteiger charge is -2.33. The van der Waals surface area contributed by atoms with Crippen LogP contribution in [-0.2, 0) is 26.2 Å². The van der Waals surface area contributed by atoms with Crippen molar-refractivity contribution in [1.82, 2.24) is 10.2 Å². The molecular weight excluding hydrogens is 426 g/mol. The van der Waals surface area contributed by atoms with Crippen LogP contribution in [0.4, 0.5) is 5.69 Å². The number of hydrogen-bond acceptors (Lipinski definition) is 4. The van der Waals surface area contributed by atoms with Crippen LogP contribution in [0, 0.1) is 6.92 Å². The Hall–Kier alpha value is -2.87. The number of hydrogen-bond donors (Lipinski definition) is 1. The van der Waals surface area contributed by atoms with Crippen LogP contribution in [-0.4, -0.2) is 49.5 Å². The number of benzene rings is 2. The van der Waals surface area contributed by atoms with Crippen LogP contribution in [0.1, 0.15) is 38.8 Å². The minimum Gasteiger partial charge on any atom is -0.350 e. The fourth-order valence-corrected chi connectivity index (χ4v) is 4.00. The van der Waals surface area contributed by atoms with Gasteiger partial charge in [0.25, 0.3) is 0 Å². The molecule has 0 fully saturated rings. The Bertz CT molecular complexity index is 1030. The van der Waals surface area contributed by atoms with Gasteiger partial charge in [0, 0.05) is 12.1 Å². The standard InChI is InChI=1S/C24H33N3O4S/c1-18-12-14-20(15-13-18)16-26(19(2)23(29)25-24(3,4)5)22(28)17-27(32(6,30)31)21-10-8-7-9-11-21/h7-15,19H,16-17H2,1-6H3,(H,25,29)/t19-/m1/s1. The quantitative estimate of drug-likeness (QED) is 0.657. The molecule has 0 aromatic heterocycles. The minimum atomic E-state index is -3.71. The summed E-state index contributed by atoms with van der Waals surface area (Å²) in [6, 6.07) is 15.3. The maximum Gasteiger partial charge on any atom is 0.244 e. The summed E-state index contributed by atoms with van der Waals surface area (Å²) in [5.41, 5.74) is 1.86. The molecule has 2 aromatic carbocycles. The van der Waals surface area contributed by atoms with E-state index >= 15 is 0 Å². The Labute approximate surface area is 191 Å². The molecule has 0 radical (unpaired) electrons. The van der Waals surface area contributed by atoms with Gasteiger partial charge in [0.1, 0.15) is 12.6 Å². The predicted molar refractivity (Wildman–Crippen MR) is 128 cm³/mol. The molecule has 0 heterocycles. The smallest absolute Gasteiger partial charge is 0.244 e. The molecule has 0 spiro atoms. The number of sulfonamides is 1. The Morgan fingerprint density at radius 2 is 1.56 bits per heavy atom. The van der Waals surface area contributed by atoms with Crippen LogP contribution in [0.15, 0.2) is 54.6 Å². The summed E-state index contributed by atoms with van der Waals surface area (Å²) < 4.78 is 26.0. The number of nitrogens with one attached hydrogen (secondary N) is 1. The Balaban J connectivity index is 2.36. The molecule has 32 heavy (non-hydrogen) atoms. The molecule has 0 aliphatic heterocycles. The largest absolute Gasteiger partial charge is 0.350 e. The lowest BCUT2D eigenvalue weighted by molar-refractivity contribution is -0.140. The molecule has 174 valence electrons. The maximum absolute atomic E-state index is 13.4. The summed E-state index contributed by atoms with van der Waals surface area (Å²) in [4.78, 5) is 27.7. The molecule has 0 saturated carbocycles. The highest BCUT2D eigenvalue weighted by molar-refractivity contribution is 7.92. The van der Waals surface area contributed by atoms with Gasteiger partial charge in [-0.3, -0.25) is 13.9 Å². The second-order valence-corrected chi connectivity index (χ2v) is 10.9. The van der Waals surface area contributed by atoms with Crippen molar-refractivity contribution in [3.63, 3.8) is 0 Å². The number of para-hydroxylation sites is 1. The molecule has 0 bridgehead atoms. The van der Waals surface area contributed by atoms with Crippen molar-refractivity contribution < 1.29 is 18.0 Å². The number of carbonyl (C=O) groups is 2. The van der Waals surface area contributed by atoms with Crippen LogP contribution in [0.25, 0.3) is 0 Å². The molecule has 0 aliphatic carbocycles. The second kappa shape index (κ2) is 10.2. The molecule has 2 rings (SSSR count). The molecule has 0 aliphatic rings. The van der Waals surface area contributed by atoms with E-state index in [1.165, 1.54) is 4.90 Å². The molecule has 8 heteroatoms. The van der Waals surface area contributed by atoms with Crippen molar-refractivity contribution in [2.75, 3.05) is 17.1 Å². The van der Waals surface area contributed by atoms with Gasteiger partial charge in [-0.25, -0.2) is 8.42 Å². The van der Waals surface area contributed by atoms with Crippen molar-refractivity contribution in [2.24, 2.45) is 0 Å². The van der Waals surface area contributed by atoms with Crippen LogP contribution >= 0.6 is 0 Å². The summed E-state index contributed by atoms with van der Waals surface area (Å²) >= 11 is 0. The van der Waals surface area contributed by atoms with Crippen LogP contribution in [0.3, 0.4) is 0 Å². The van der Waals surface area contributed by atoms with Crippen LogP contribution < -0.4 is 9.62 Å². The normalized spacial score (nSPS) is 12.7.